The van der Waals surface area contributed by atoms with Crippen LogP contribution in [0.15, 0.2) is 40.8 Å². The van der Waals surface area contributed by atoms with Gasteiger partial charge in [0.1, 0.15) is 0 Å². The highest BCUT2D eigenvalue weighted by Gasteiger charge is 2.14. The van der Waals surface area contributed by atoms with Crippen molar-refractivity contribution in [2.45, 2.75) is 13.1 Å². The van der Waals surface area contributed by atoms with Gasteiger partial charge in [-0.05, 0) is 49.0 Å². The van der Waals surface area contributed by atoms with Crippen molar-refractivity contribution in [3.05, 3.63) is 67.9 Å². The number of halogens is 4. The van der Waals surface area contributed by atoms with E-state index in [1.807, 2.05) is 24.1 Å². The Hall–Kier alpha value is -1.30. The van der Waals surface area contributed by atoms with Gasteiger partial charge in [0.15, 0.2) is 0 Å². The normalized spacial score (nSPS) is 11.3. The molecule has 0 fully saturated rings. The molecule has 1 heterocycles. The topological polar surface area (TPSA) is 42.2 Å². The van der Waals surface area contributed by atoms with E-state index < -0.39 is 0 Å². The summed E-state index contributed by atoms with van der Waals surface area (Å²) in [7, 11) is 1.94. The molecule has 0 spiro atoms. The van der Waals surface area contributed by atoms with Crippen molar-refractivity contribution in [2.75, 3.05) is 7.05 Å². The van der Waals surface area contributed by atoms with Gasteiger partial charge in [-0.15, -0.1) is 10.2 Å². The van der Waals surface area contributed by atoms with Crippen LogP contribution in [0.5, 0.6) is 0 Å². The lowest BCUT2D eigenvalue weighted by molar-refractivity contribution is 0.283. The minimum absolute atomic E-state index is 0.357. The quantitative estimate of drug-likeness (QED) is 0.512. The fourth-order valence-electron chi connectivity index (χ4n) is 2.39. The van der Waals surface area contributed by atoms with Crippen molar-refractivity contribution in [1.82, 2.24) is 15.1 Å². The summed E-state index contributed by atoms with van der Waals surface area (Å²) in [5.41, 5.74) is 1.65. The van der Waals surface area contributed by atoms with E-state index in [9.17, 15) is 0 Å². The van der Waals surface area contributed by atoms with Crippen LogP contribution >= 0.6 is 46.4 Å². The molecule has 0 saturated heterocycles. The Bertz CT molecular complexity index is 877. The second-order valence-electron chi connectivity index (χ2n) is 5.58. The molecule has 0 unspecified atom stereocenters. The number of nitrogens with zero attached hydrogens (tertiary/aromatic N) is 3. The smallest absolute Gasteiger partial charge is 0.249 e. The van der Waals surface area contributed by atoms with Gasteiger partial charge in [0.05, 0.1) is 17.1 Å². The maximum atomic E-state index is 6.17. The third kappa shape index (κ3) is 4.87. The zero-order valence-electron chi connectivity index (χ0n) is 13.1. The van der Waals surface area contributed by atoms with Crippen LogP contribution in [-0.2, 0) is 13.1 Å². The maximum absolute atomic E-state index is 6.17. The number of hydrogen-bond donors (Lipinski definition) is 0. The Labute approximate surface area is 165 Å². The zero-order valence-corrected chi connectivity index (χ0v) is 16.2. The molecule has 25 heavy (non-hydrogen) atoms. The van der Waals surface area contributed by atoms with E-state index >= 15 is 0 Å². The first-order chi connectivity index (χ1) is 11.9. The molecule has 0 saturated carbocycles. The first-order valence-corrected chi connectivity index (χ1v) is 8.83. The van der Waals surface area contributed by atoms with Crippen LogP contribution in [0.3, 0.4) is 0 Å². The lowest BCUT2D eigenvalue weighted by Crippen LogP contribution is -2.17. The minimum atomic E-state index is 0.357. The number of aromatic nitrogens is 2. The van der Waals surface area contributed by atoms with Crippen LogP contribution in [0.1, 0.15) is 11.5 Å². The van der Waals surface area contributed by atoms with E-state index in [0.717, 1.165) is 5.56 Å². The number of rotatable bonds is 5. The van der Waals surface area contributed by atoms with Crippen LogP contribution in [0.25, 0.3) is 11.5 Å². The Kier molecular flexibility index (Phi) is 5.87. The predicted octanol–water partition coefficient (Wildman–Crippen LogP) is 5.98. The van der Waals surface area contributed by atoms with E-state index in [2.05, 4.69) is 10.2 Å². The number of benzene rings is 2. The lowest BCUT2D eigenvalue weighted by Gasteiger charge is -2.14. The van der Waals surface area contributed by atoms with Gasteiger partial charge < -0.3 is 4.42 Å². The predicted molar refractivity (Wildman–Crippen MR) is 101 cm³/mol. The Morgan fingerprint density at radius 2 is 1.60 bits per heavy atom. The van der Waals surface area contributed by atoms with Gasteiger partial charge in [-0.25, -0.2) is 0 Å². The first-order valence-electron chi connectivity index (χ1n) is 7.32. The van der Waals surface area contributed by atoms with E-state index in [-0.39, 0.29) is 0 Å². The van der Waals surface area contributed by atoms with Crippen molar-refractivity contribution in [2.24, 2.45) is 0 Å². The summed E-state index contributed by atoms with van der Waals surface area (Å²) >= 11 is 24.1. The van der Waals surface area contributed by atoms with Gasteiger partial charge in [-0.1, -0.05) is 46.4 Å². The van der Waals surface area contributed by atoms with E-state index in [4.69, 9.17) is 50.8 Å². The first kappa shape index (κ1) is 18.5. The highest BCUT2D eigenvalue weighted by atomic mass is 35.5. The molecule has 2 aromatic carbocycles. The fourth-order valence-corrected chi connectivity index (χ4v) is 3.45. The molecular weight excluding hydrogens is 404 g/mol. The molecule has 8 heteroatoms. The molecule has 0 aliphatic heterocycles. The van der Waals surface area contributed by atoms with Gasteiger partial charge in [0.25, 0.3) is 0 Å². The number of hydrogen-bond acceptors (Lipinski definition) is 4. The molecule has 0 aliphatic carbocycles. The monoisotopic (exact) mass is 415 g/mol. The van der Waals surface area contributed by atoms with E-state index in [0.29, 0.717) is 50.5 Å². The second-order valence-corrected chi connectivity index (χ2v) is 7.29. The average molecular weight is 417 g/mol. The summed E-state index contributed by atoms with van der Waals surface area (Å²) < 4.78 is 5.70. The fraction of sp³-hybridized carbons (Fsp3) is 0.176. The van der Waals surface area contributed by atoms with Gasteiger partial charge in [-0.2, -0.15) is 0 Å². The van der Waals surface area contributed by atoms with Crippen molar-refractivity contribution >= 4 is 46.4 Å². The van der Waals surface area contributed by atoms with Crippen LogP contribution in [0.4, 0.5) is 0 Å². The van der Waals surface area contributed by atoms with E-state index in [1.54, 1.807) is 24.3 Å². The largest absolute Gasteiger partial charge is 0.419 e. The summed E-state index contributed by atoms with van der Waals surface area (Å²) in [5.74, 6) is 0.840. The Morgan fingerprint density at radius 3 is 2.28 bits per heavy atom. The van der Waals surface area contributed by atoms with Crippen molar-refractivity contribution in [3.63, 3.8) is 0 Å². The third-order valence-electron chi connectivity index (χ3n) is 3.41. The van der Waals surface area contributed by atoms with Gasteiger partial charge in [-0.3, -0.25) is 4.90 Å². The minimum Gasteiger partial charge on any atom is -0.419 e. The maximum Gasteiger partial charge on any atom is 0.249 e. The highest BCUT2D eigenvalue weighted by Crippen LogP contribution is 2.29. The average Bonchev–Trinajstić information content (AvgIpc) is 2.93. The molecule has 0 radical (unpaired) electrons. The summed E-state index contributed by atoms with van der Waals surface area (Å²) in [5, 5.41) is 10.3. The second kappa shape index (κ2) is 7.94. The van der Waals surface area contributed by atoms with Crippen LogP contribution in [0, 0.1) is 0 Å². The van der Waals surface area contributed by atoms with Crippen LogP contribution in [-0.4, -0.2) is 22.1 Å². The van der Waals surface area contributed by atoms with Gasteiger partial charge >= 0.3 is 0 Å². The van der Waals surface area contributed by atoms with Crippen molar-refractivity contribution in [1.29, 1.82) is 0 Å². The molecule has 3 aromatic rings. The Morgan fingerprint density at radius 1 is 0.880 bits per heavy atom. The molecule has 3 rings (SSSR count). The lowest BCUT2D eigenvalue weighted by atomic mass is 10.2. The standard InChI is InChI=1S/C17H13Cl4N3O/c1-24(8-10-4-12(19)6-13(20)5-10)9-16-22-23-17(25-16)14-3-2-11(18)7-15(14)21/h2-7H,8-9H2,1H3. The zero-order chi connectivity index (χ0) is 18.0. The Balaban J connectivity index is 1.70. The molecule has 0 aliphatic rings. The van der Waals surface area contributed by atoms with Gasteiger partial charge in [0, 0.05) is 21.6 Å². The molecule has 1 aromatic heterocycles. The summed E-state index contributed by atoms with van der Waals surface area (Å²) in [6, 6.07) is 10.6. The summed E-state index contributed by atoms with van der Waals surface area (Å²) in [6.07, 6.45) is 0. The van der Waals surface area contributed by atoms with Crippen molar-refractivity contribution in [3.8, 4) is 11.5 Å². The third-order valence-corrected chi connectivity index (χ3v) is 4.39. The molecule has 130 valence electrons. The van der Waals surface area contributed by atoms with Crippen LogP contribution < -0.4 is 0 Å². The van der Waals surface area contributed by atoms with Crippen molar-refractivity contribution < 1.29 is 4.42 Å². The highest BCUT2D eigenvalue weighted by molar-refractivity contribution is 6.36. The molecule has 0 bridgehead atoms. The van der Waals surface area contributed by atoms with E-state index in [1.165, 1.54) is 0 Å². The van der Waals surface area contributed by atoms with Crippen LogP contribution in [0.2, 0.25) is 20.1 Å². The SMILES string of the molecule is CN(Cc1cc(Cl)cc(Cl)c1)Cc1nnc(-c2ccc(Cl)cc2Cl)o1. The molecular formula is C17H13Cl4N3O. The summed E-state index contributed by atoms with van der Waals surface area (Å²) in [4.78, 5) is 2.02. The molecule has 0 atom stereocenters. The summed E-state index contributed by atoms with van der Waals surface area (Å²) in [6.45, 7) is 1.11. The molecule has 0 N–H and O–H groups in total. The molecule has 4 nitrogen and oxygen atoms in total. The molecule has 0 amide bonds. The van der Waals surface area contributed by atoms with Gasteiger partial charge in [0.2, 0.25) is 11.8 Å².